The fourth-order valence-electron chi connectivity index (χ4n) is 3.12. The van der Waals surface area contributed by atoms with E-state index in [0.717, 1.165) is 5.56 Å². The first kappa shape index (κ1) is 17.5. The topological polar surface area (TPSA) is 81.5 Å². The largest absolute Gasteiger partial charge is 0.479 e. The van der Waals surface area contributed by atoms with Crippen LogP contribution in [0.3, 0.4) is 0 Å². The van der Waals surface area contributed by atoms with Crippen molar-refractivity contribution in [1.82, 2.24) is 14.7 Å². The lowest BCUT2D eigenvalue weighted by molar-refractivity contribution is 0.0763. The Labute approximate surface area is 147 Å². The Hall–Kier alpha value is -2.35. The van der Waals surface area contributed by atoms with Crippen LogP contribution < -0.4 is 4.74 Å². The van der Waals surface area contributed by atoms with E-state index >= 15 is 0 Å². The van der Waals surface area contributed by atoms with Crippen LogP contribution in [0, 0.1) is 0 Å². The minimum absolute atomic E-state index is 0.0547. The minimum Gasteiger partial charge on any atom is -0.479 e. The van der Waals surface area contributed by atoms with Crippen molar-refractivity contribution >= 4 is 15.7 Å². The fourth-order valence-corrected chi connectivity index (χ4v) is 4.92. The summed E-state index contributed by atoms with van der Waals surface area (Å²) in [6.45, 7) is 0.540. The van der Waals surface area contributed by atoms with Gasteiger partial charge in [-0.3, -0.25) is 9.48 Å². The highest BCUT2D eigenvalue weighted by Crippen LogP contribution is 2.30. The quantitative estimate of drug-likeness (QED) is 0.824. The number of carbonyl (C=O) groups is 1. The van der Waals surface area contributed by atoms with Gasteiger partial charge in [0.05, 0.1) is 18.1 Å². The van der Waals surface area contributed by atoms with Crippen molar-refractivity contribution in [1.29, 1.82) is 0 Å². The molecule has 1 atom stereocenters. The van der Waals surface area contributed by atoms with Gasteiger partial charge in [-0.1, -0.05) is 30.3 Å². The van der Waals surface area contributed by atoms with E-state index in [2.05, 4.69) is 5.10 Å². The molecule has 0 bridgehead atoms. The number of hydrogen-bond donors (Lipinski definition) is 0. The number of aromatic nitrogens is 2. The third kappa shape index (κ3) is 3.53. The smallest absolute Gasteiger partial charge is 0.261 e. The van der Waals surface area contributed by atoms with E-state index in [1.54, 1.807) is 18.1 Å². The second-order valence-electron chi connectivity index (χ2n) is 6.07. The van der Waals surface area contributed by atoms with Gasteiger partial charge in [0.2, 0.25) is 5.88 Å². The minimum atomic E-state index is -3.32. The zero-order valence-corrected chi connectivity index (χ0v) is 15.1. The van der Waals surface area contributed by atoms with Gasteiger partial charge < -0.3 is 9.64 Å². The SMILES string of the molecule is COc1nn(C)cc1C(=O)N1CCC(c2ccccc2)S(=O)(=O)CC1. The number of rotatable bonds is 3. The van der Waals surface area contributed by atoms with Crippen LogP contribution in [-0.4, -0.2) is 55.0 Å². The van der Waals surface area contributed by atoms with Gasteiger partial charge in [0.1, 0.15) is 5.56 Å². The second-order valence-corrected chi connectivity index (χ2v) is 8.38. The van der Waals surface area contributed by atoms with Gasteiger partial charge in [-0.2, -0.15) is 0 Å². The normalized spacial score (nSPS) is 20.1. The number of ether oxygens (including phenoxy) is 1. The first-order valence-corrected chi connectivity index (χ1v) is 9.77. The number of aryl methyl sites for hydroxylation is 1. The molecule has 1 aromatic heterocycles. The zero-order valence-electron chi connectivity index (χ0n) is 14.3. The number of benzene rings is 1. The second kappa shape index (κ2) is 6.87. The van der Waals surface area contributed by atoms with Crippen molar-refractivity contribution in [3.8, 4) is 5.88 Å². The van der Waals surface area contributed by atoms with Crippen LogP contribution in [0.25, 0.3) is 0 Å². The van der Waals surface area contributed by atoms with Crippen molar-refractivity contribution in [2.75, 3.05) is 26.0 Å². The van der Waals surface area contributed by atoms with Crippen LogP contribution in [0.15, 0.2) is 36.5 Å². The molecular formula is C17H21N3O4S. The summed E-state index contributed by atoms with van der Waals surface area (Å²) in [5.74, 6) is -0.0611. The van der Waals surface area contributed by atoms with E-state index in [4.69, 9.17) is 4.74 Å². The number of hydrogen-bond acceptors (Lipinski definition) is 5. The Kier molecular flexibility index (Phi) is 4.80. The Morgan fingerprint density at radius 3 is 2.64 bits per heavy atom. The van der Waals surface area contributed by atoms with E-state index in [0.29, 0.717) is 18.5 Å². The lowest BCUT2D eigenvalue weighted by atomic mass is 10.1. The molecule has 0 N–H and O–H groups in total. The molecule has 1 fully saturated rings. The maximum Gasteiger partial charge on any atom is 0.261 e. The van der Waals surface area contributed by atoms with Gasteiger partial charge in [0, 0.05) is 26.3 Å². The summed E-state index contributed by atoms with van der Waals surface area (Å²) in [5, 5.41) is 3.51. The molecule has 25 heavy (non-hydrogen) atoms. The van der Waals surface area contributed by atoms with Gasteiger partial charge in [-0.15, -0.1) is 5.10 Å². The Morgan fingerprint density at radius 1 is 1.24 bits per heavy atom. The average molecular weight is 363 g/mol. The summed E-state index contributed by atoms with van der Waals surface area (Å²) >= 11 is 0. The maximum atomic E-state index is 12.8. The molecule has 0 radical (unpaired) electrons. The summed E-state index contributed by atoms with van der Waals surface area (Å²) in [5.41, 5.74) is 1.12. The van der Waals surface area contributed by atoms with Gasteiger partial charge in [0.15, 0.2) is 9.84 Å². The summed E-state index contributed by atoms with van der Waals surface area (Å²) in [7, 11) is -0.156. The molecule has 0 aliphatic carbocycles. The Morgan fingerprint density at radius 2 is 1.96 bits per heavy atom. The fraction of sp³-hybridized carbons (Fsp3) is 0.412. The number of sulfone groups is 1. The van der Waals surface area contributed by atoms with E-state index < -0.39 is 15.1 Å². The van der Waals surface area contributed by atoms with Crippen molar-refractivity contribution < 1.29 is 17.9 Å². The first-order chi connectivity index (χ1) is 11.9. The van der Waals surface area contributed by atoms with Crippen LogP contribution in [0.1, 0.15) is 27.6 Å². The van der Waals surface area contributed by atoms with Crippen LogP contribution in [0.4, 0.5) is 0 Å². The third-order valence-corrected chi connectivity index (χ3v) is 6.54. The molecule has 1 aliphatic rings. The standard InChI is InChI=1S/C17H21N3O4S/c1-19-12-14(16(18-19)24-2)17(21)20-9-8-15(25(22,23)11-10-20)13-6-4-3-5-7-13/h3-7,12,15H,8-11H2,1-2H3. The molecule has 1 aromatic carbocycles. The first-order valence-electron chi connectivity index (χ1n) is 8.06. The Balaban J connectivity index is 1.84. The van der Waals surface area contributed by atoms with Gasteiger partial charge in [0.25, 0.3) is 5.91 Å². The lowest BCUT2D eigenvalue weighted by Gasteiger charge is -2.19. The number of methoxy groups -OCH3 is 1. The molecule has 134 valence electrons. The monoisotopic (exact) mass is 363 g/mol. The Bertz CT molecular complexity index is 861. The predicted molar refractivity (Wildman–Crippen MR) is 93.3 cm³/mol. The molecule has 3 rings (SSSR count). The van der Waals surface area contributed by atoms with Crippen molar-refractivity contribution in [2.45, 2.75) is 11.7 Å². The van der Waals surface area contributed by atoms with Crippen LogP contribution >= 0.6 is 0 Å². The highest BCUT2D eigenvalue weighted by molar-refractivity contribution is 7.91. The number of nitrogens with zero attached hydrogens (tertiary/aromatic N) is 3. The molecule has 1 unspecified atom stereocenters. The lowest BCUT2D eigenvalue weighted by Crippen LogP contribution is -2.33. The number of carbonyl (C=O) groups excluding carboxylic acids is 1. The summed E-state index contributed by atoms with van der Waals surface area (Å²) in [6, 6.07) is 9.17. The third-order valence-electron chi connectivity index (χ3n) is 4.42. The predicted octanol–water partition coefficient (Wildman–Crippen LogP) is 1.43. The molecule has 0 saturated carbocycles. The molecule has 0 spiro atoms. The van der Waals surface area contributed by atoms with Crippen LogP contribution in [-0.2, 0) is 16.9 Å². The molecule has 1 amide bonds. The summed E-state index contributed by atoms with van der Waals surface area (Å²) < 4.78 is 32.0. The molecule has 1 saturated heterocycles. The van der Waals surface area contributed by atoms with E-state index in [9.17, 15) is 13.2 Å². The molecular weight excluding hydrogens is 342 g/mol. The van der Waals surface area contributed by atoms with Crippen molar-refractivity contribution in [2.24, 2.45) is 7.05 Å². The highest BCUT2D eigenvalue weighted by Gasteiger charge is 2.33. The van der Waals surface area contributed by atoms with E-state index in [1.807, 2.05) is 30.3 Å². The maximum absolute atomic E-state index is 12.8. The summed E-state index contributed by atoms with van der Waals surface area (Å²) in [4.78, 5) is 14.4. The molecule has 8 heteroatoms. The molecule has 2 aromatic rings. The average Bonchev–Trinajstić information content (AvgIpc) is 2.90. The van der Waals surface area contributed by atoms with Crippen molar-refractivity contribution in [3.05, 3.63) is 47.7 Å². The van der Waals surface area contributed by atoms with Crippen molar-refractivity contribution in [3.63, 3.8) is 0 Å². The highest BCUT2D eigenvalue weighted by atomic mass is 32.2. The molecule has 2 heterocycles. The van der Waals surface area contributed by atoms with Gasteiger partial charge in [-0.25, -0.2) is 8.42 Å². The molecule has 7 nitrogen and oxygen atoms in total. The van der Waals surface area contributed by atoms with E-state index in [-0.39, 0.29) is 24.1 Å². The summed E-state index contributed by atoms with van der Waals surface area (Å²) in [6.07, 6.45) is 1.97. The zero-order chi connectivity index (χ0) is 18.0. The molecule has 1 aliphatic heterocycles. The van der Waals surface area contributed by atoms with E-state index in [1.165, 1.54) is 11.8 Å². The van der Waals surface area contributed by atoms with Gasteiger partial charge >= 0.3 is 0 Å². The van der Waals surface area contributed by atoms with Crippen LogP contribution in [0.2, 0.25) is 0 Å². The number of amides is 1. The van der Waals surface area contributed by atoms with Crippen LogP contribution in [0.5, 0.6) is 5.88 Å². The van der Waals surface area contributed by atoms with Gasteiger partial charge in [-0.05, 0) is 12.0 Å².